The van der Waals surface area contributed by atoms with Gasteiger partial charge in [0, 0.05) is 43.5 Å². The molecule has 2 N–H and O–H groups in total. The van der Waals surface area contributed by atoms with Crippen molar-refractivity contribution in [2.75, 3.05) is 33.2 Å². The summed E-state index contributed by atoms with van der Waals surface area (Å²) in [6, 6.07) is 0. The number of hydrogen-bond acceptors (Lipinski definition) is 5. The second kappa shape index (κ2) is 5.65. The maximum absolute atomic E-state index is 5.56. The molecule has 0 aliphatic carbocycles. The first-order valence-electron chi connectivity index (χ1n) is 6.58. The van der Waals surface area contributed by atoms with Crippen LogP contribution in [0.2, 0.25) is 0 Å². The number of nitrogens with two attached hydrogens (primary N) is 1. The average Bonchev–Trinajstić information content (AvgIpc) is 2.71. The lowest BCUT2D eigenvalue weighted by atomic mass is 10.00. The molecule has 0 aromatic carbocycles. The summed E-state index contributed by atoms with van der Waals surface area (Å²) in [6.45, 7) is 9.64. The Morgan fingerprint density at radius 3 is 2.89 bits per heavy atom. The highest BCUT2D eigenvalue weighted by Gasteiger charge is 2.30. The lowest BCUT2D eigenvalue weighted by molar-refractivity contribution is 0.0355. The number of piperazine rings is 1. The lowest BCUT2D eigenvalue weighted by Crippen LogP contribution is -2.57. The molecular formula is C13H24N4S. The van der Waals surface area contributed by atoms with Crippen molar-refractivity contribution in [2.24, 2.45) is 5.73 Å². The predicted octanol–water partition coefficient (Wildman–Crippen LogP) is 1.17. The Morgan fingerprint density at radius 2 is 2.22 bits per heavy atom. The molecule has 1 aromatic heterocycles. The summed E-state index contributed by atoms with van der Waals surface area (Å²) < 4.78 is 0. The van der Waals surface area contributed by atoms with Gasteiger partial charge in [-0.3, -0.25) is 9.80 Å². The van der Waals surface area contributed by atoms with Gasteiger partial charge in [0.15, 0.2) is 0 Å². The van der Waals surface area contributed by atoms with Crippen molar-refractivity contribution in [3.05, 3.63) is 16.1 Å². The Balaban J connectivity index is 1.93. The SMILES string of the molecule is CN1CCN(Cc2csc(CCN)n2)CC1(C)C. The first-order chi connectivity index (χ1) is 8.51. The Bertz CT molecular complexity index is 388. The van der Waals surface area contributed by atoms with Gasteiger partial charge in [0.05, 0.1) is 10.7 Å². The fourth-order valence-corrected chi connectivity index (χ4v) is 3.17. The Labute approximate surface area is 114 Å². The maximum atomic E-state index is 5.56. The monoisotopic (exact) mass is 268 g/mol. The van der Waals surface area contributed by atoms with Crippen molar-refractivity contribution >= 4 is 11.3 Å². The van der Waals surface area contributed by atoms with E-state index in [1.165, 1.54) is 10.7 Å². The van der Waals surface area contributed by atoms with E-state index in [1.807, 2.05) is 0 Å². The van der Waals surface area contributed by atoms with Gasteiger partial charge in [-0.15, -0.1) is 11.3 Å². The molecule has 2 heterocycles. The van der Waals surface area contributed by atoms with Crippen LogP contribution in [0.4, 0.5) is 0 Å². The van der Waals surface area contributed by atoms with Crippen LogP contribution >= 0.6 is 11.3 Å². The molecule has 0 atom stereocenters. The van der Waals surface area contributed by atoms with E-state index in [9.17, 15) is 0 Å². The van der Waals surface area contributed by atoms with Crippen LogP contribution in [0.25, 0.3) is 0 Å². The normalized spacial score (nSPS) is 21.3. The second-order valence-corrected chi connectivity index (χ2v) is 6.66. The molecule has 0 bridgehead atoms. The zero-order chi connectivity index (χ0) is 13.2. The first-order valence-corrected chi connectivity index (χ1v) is 7.46. The van der Waals surface area contributed by atoms with Gasteiger partial charge in [-0.2, -0.15) is 0 Å². The zero-order valence-electron chi connectivity index (χ0n) is 11.6. The molecule has 0 unspecified atom stereocenters. The molecule has 1 saturated heterocycles. The summed E-state index contributed by atoms with van der Waals surface area (Å²) in [5.74, 6) is 0. The van der Waals surface area contributed by atoms with Crippen LogP contribution in [0, 0.1) is 0 Å². The summed E-state index contributed by atoms with van der Waals surface area (Å²) in [7, 11) is 2.21. The van der Waals surface area contributed by atoms with Gasteiger partial charge >= 0.3 is 0 Å². The Hall–Kier alpha value is -0.490. The number of thiazole rings is 1. The average molecular weight is 268 g/mol. The van der Waals surface area contributed by atoms with E-state index < -0.39 is 0 Å². The fraction of sp³-hybridized carbons (Fsp3) is 0.769. The van der Waals surface area contributed by atoms with Crippen molar-refractivity contribution in [2.45, 2.75) is 32.4 Å². The molecule has 5 heteroatoms. The minimum Gasteiger partial charge on any atom is -0.330 e. The molecule has 102 valence electrons. The smallest absolute Gasteiger partial charge is 0.0941 e. The van der Waals surface area contributed by atoms with E-state index in [0.717, 1.165) is 32.6 Å². The highest BCUT2D eigenvalue weighted by molar-refractivity contribution is 7.09. The quantitative estimate of drug-likeness (QED) is 0.890. The number of hydrogen-bond donors (Lipinski definition) is 1. The highest BCUT2D eigenvalue weighted by atomic mass is 32.1. The van der Waals surface area contributed by atoms with Crippen molar-refractivity contribution in [3.8, 4) is 0 Å². The van der Waals surface area contributed by atoms with Crippen LogP contribution in [0.3, 0.4) is 0 Å². The van der Waals surface area contributed by atoms with E-state index in [2.05, 4.69) is 41.1 Å². The molecule has 0 saturated carbocycles. The molecule has 1 aliphatic heterocycles. The number of likely N-dealkylation sites (N-methyl/N-ethyl adjacent to an activating group) is 1. The molecule has 1 fully saturated rings. The fourth-order valence-electron chi connectivity index (χ4n) is 2.36. The predicted molar refractivity (Wildman–Crippen MR) is 76.9 cm³/mol. The summed E-state index contributed by atoms with van der Waals surface area (Å²) >= 11 is 1.73. The lowest BCUT2D eigenvalue weighted by Gasteiger charge is -2.45. The van der Waals surface area contributed by atoms with Gasteiger partial charge in [0.1, 0.15) is 0 Å². The van der Waals surface area contributed by atoms with Gasteiger partial charge in [0.25, 0.3) is 0 Å². The minimum absolute atomic E-state index is 0.258. The van der Waals surface area contributed by atoms with E-state index in [-0.39, 0.29) is 5.54 Å². The van der Waals surface area contributed by atoms with Crippen molar-refractivity contribution < 1.29 is 0 Å². The van der Waals surface area contributed by atoms with Crippen LogP contribution in [0.15, 0.2) is 5.38 Å². The van der Waals surface area contributed by atoms with Crippen LogP contribution in [-0.4, -0.2) is 53.5 Å². The van der Waals surface area contributed by atoms with Crippen LogP contribution in [0.1, 0.15) is 24.5 Å². The first kappa shape index (κ1) is 13.9. The zero-order valence-corrected chi connectivity index (χ0v) is 12.5. The van der Waals surface area contributed by atoms with Crippen LogP contribution < -0.4 is 5.73 Å². The molecule has 0 amide bonds. The van der Waals surface area contributed by atoms with E-state index in [4.69, 9.17) is 5.73 Å². The van der Waals surface area contributed by atoms with E-state index in [0.29, 0.717) is 6.54 Å². The van der Waals surface area contributed by atoms with Gasteiger partial charge < -0.3 is 5.73 Å². The third kappa shape index (κ3) is 3.29. The van der Waals surface area contributed by atoms with Crippen LogP contribution in [-0.2, 0) is 13.0 Å². The summed E-state index contributed by atoms with van der Waals surface area (Å²) in [5.41, 5.74) is 7.01. The number of nitrogens with zero attached hydrogens (tertiary/aromatic N) is 3. The third-order valence-corrected chi connectivity index (χ3v) is 4.70. The van der Waals surface area contributed by atoms with Gasteiger partial charge in [-0.05, 0) is 27.4 Å². The summed E-state index contributed by atoms with van der Waals surface area (Å²) in [6.07, 6.45) is 0.902. The number of aromatic nitrogens is 1. The van der Waals surface area contributed by atoms with Crippen molar-refractivity contribution in [3.63, 3.8) is 0 Å². The van der Waals surface area contributed by atoms with Crippen molar-refractivity contribution in [1.29, 1.82) is 0 Å². The molecule has 4 nitrogen and oxygen atoms in total. The molecule has 0 radical (unpaired) electrons. The van der Waals surface area contributed by atoms with Gasteiger partial charge in [0.2, 0.25) is 0 Å². The molecular weight excluding hydrogens is 244 g/mol. The standard InChI is InChI=1S/C13H24N4S/c1-13(2)10-17(7-6-16(13)3)8-11-9-18-12(15-11)4-5-14/h9H,4-8,10,14H2,1-3H3. The highest BCUT2D eigenvalue weighted by Crippen LogP contribution is 2.21. The molecule has 0 spiro atoms. The Morgan fingerprint density at radius 1 is 1.44 bits per heavy atom. The van der Waals surface area contributed by atoms with Crippen molar-refractivity contribution in [1.82, 2.24) is 14.8 Å². The van der Waals surface area contributed by atoms with Gasteiger partial charge in [-0.25, -0.2) is 4.98 Å². The summed E-state index contributed by atoms with van der Waals surface area (Å²) in [5, 5.41) is 3.34. The maximum Gasteiger partial charge on any atom is 0.0941 e. The Kier molecular flexibility index (Phi) is 4.37. The minimum atomic E-state index is 0.258. The second-order valence-electron chi connectivity index (χ2n) is 5.72. The molecule has 2 rings (SSSR count). The van der Waals surface area contributed by atoms with E-state index >= 15 is 0 Å². The topological polar surface area (TPSA) is 45.4 Å². The molecule has 1 aliphatic rings. The summed E-state index contributed by atoms with van der Waals surface area (Å²) in [4.78, 5) is 9.58. The van der Waals surface area contributed by atoms with Gasteiger partial charge in [-0.1, -0.05) is 0 Å². The molecule has 1 aromatic rings. The van der Waals surface area contributed by atoms with E-state index in [1.54, 1.807) is 11.3 Å². The largest absolute Gasteiger partial charge is 0.330 e. The number of rotatable bonds is 4. The van der Waals surface area contributed by atoms with Crippen LogP contribution in [0.5, 0.6) is 0 Å². The third-order valence-electron chi connectivity index (χ3n) is 3.74. The molecule has 18 heavy (non-hydrogen) atoms.